The molecule has 9 nitrogen and oxygen atoms in total. The van der Waals surface area contributed by atoms with Gasteiger partial charge in [-0.3, -0.25) is 24.5 Å². The van der Waals surface area contributed by atoms with Gasteiger partial charge in [-0.25, -0.2) is 5.48 Å². The van der Waals surface area contributed by atoms with Gasteiger partial charge >= 0.3 is 0 Å². The summed E-state index contributed by atoms with van der Waals surface area (Å²) >= 11 is 0. The molecule has 3 N–H and O–H groups in total. The number of likely N-dealkylation sites (N-methyl/N-ethyl adjacent to an activating group) is 2. The molecule has 1 saturated heterocycles. The number of nitrogens with zero attached hydrogens (tertiary/aromatic N) is 2. The molecule has 3 rings (SSSR count). The quantitative estimate of drug-likeness (QED) is 0.330. The summed E-state index contributed by atoms with van der Waals surface area (Å²) in [5, 5.41) is 11.2. The molecule has 1 aliphatic rings. The highest BCUT2D eigenvalue weighted by Gasteiger charge is 2.33. The van der Waals surface area contributed by atoms with E-state index >= 15 is 0 Å². The fraction of sp³-hybridized carbons (Fsp3) is 0.375. The first-order chi connectivity index (χ1) is 15.9. The highest BCUT2D eigenvalue weighted by molar-refractivity contribution is 6.08. The summed E-state index contributed by atoms with van der Waals surface area (Å²) in [5.41, 5.74) is 4.95. The molecule has 9 heteroatoms. The monoisotopic (exact) mass is 454 g/mol. The van der Waals surface area contributed by atoms with Gasteiger partial charge in [-0.1, -0.05) is 36.4 Å². The molecule has 1 unspecified atom stereocenters. The average Bonchev–Trinajstić information content (AvgIpc) is 3.12. The van der Waals surface area contributed by atoms with E-state index in [-0.39, 0.29) is 0 Å². The minimum absolute atomic E-state index is 0.320. The maximum absolute atomic E-state index is 12.8. The predicted molar refractivity (Wildman–Crippen MR) is 122 cm³/mol. The van der Waals surface area contributed by atoms with Gasteiger partial charge < -0.3 is 15.0 Å². The van der Waals surface area contributed by atoms with Crippen LogP contribution in [0.1, 0.15) is 22.3 Å². The van der Waals surface area contributed by atoms with Crippen molar-refractivity contribution in [2.45, 2.75) is 19.0 Å². The number of hydrogen-bond donors (Lipinski definition) is 3. The topological polar surface area (TPSA) is 111 Å². The normalized spacial score (nSPS) is 15.2. The van der Waals surface area contributed by atoms with Gasteiger partial charge in [0.15, 0.2) is 6.04 Å². The van der Waals surface area contributed by atoms with Gasteiger partial charge in [0.05, 0.1) is 6.61 Å². The molecular weight excluding hydrogens is 424 g/mol. The number of rotatable bonds is 7. The van der Waals surface area contributed by atoms with E-state index in [9.17, 15) is 14.4 Å². The van der Waals surface area contributed by atoms with Crippen LogP contribution in [0.25, 0.3) is 11.1 Å². The Labute approximate surface area is 193 Å². The molecule has 3 amide bonds. The van der Waals surface area contributed by atoms with E-state index in [0.717, 1.165) is 55.3 Å². The van der Waals surface area contributed by atoms with Crippen LogP contribution in [-0.4, -0.2) is 79.2 Å². The zero-order chi connectivity index (χ0) is 23.8. The van der Waals surface area contributed by atoms with Crippen molar-refractivity contribution in [3.05, 3.63) is 59.7 Å². The van der Waals surface area contributed by atoms with Gasteiger partial charge in [-0.05, 0) is 35.2 Å². The second-order valence-corrected chi connectivity index (χ2v) is 7.93. The molecule has 2 aromatic carbocycles. The summed E-state index contributed by atoms with van der Waals surface area (Å²) in [6.45, 7) is 4.45. The molecule has 0 aliphatic carbocycles. The van der Waals surface area contributed by atoms with Gasteiger partial charge in [-0.15, -0.1) is 0 Å². The number of amides is 3. The Hall–Kier alpha value is -3.27. The summed E-state index contributed by atoms with van der Waals surface area (Å²) in [5.74, 6) is -2.22. The van der Waals surface area contributed by atoms with Crippen molar-refractivity contribution < 1.29 is 24.3 Å². The first-order valence-corrected chi connectivity index (χ1v) is 10.9. The van der Waals surface area contributed by atoms with Crippen LogP contribution >= 0.6 is 0 Å². The number of hydrogen-bond acceptors (Lipinski definition) is 6. The Bertz CT molecular complexity index is 938. The number of carbonyl (C=O) groups excluding carboxylic acids is 3. The van der Waals surface area contributed by atoms with E-state index in [1.807, 2.05) is 12.1 Å². The Kier molecular flexibility index (Phi) is 8.53. The first-order valence-electron chi connectivity index (χ1n) is 10.9. The third kappa shape index (κ3) is 6.16. The van der Waals surface area contributed by atoms with Crippen LogP contribution in [0.15, 0.2) is 48.5 Å². The summed E-state index contributed by atoms with van der Waals surface area (Å²) in [6.07, 6.45) is 1.05. The van der Waals surface area contributed by atoms with Gasteiger partial charge in [0.25, 0.3) is 17.7 Å². The van der Waals surface area contributed by atoms with Crippen molar-refractivity contribution in [1.29, 1.82) is 0 Å². The fourth-order valence-corrected chi connectivity index (χ4v) is 3.81. The lowest BCUT2D eigenvalue weighted by Crippen LogP contribution is -2.54. The number of carbonyl (C=O) groups is 3. The molecule has 1 aliphatic heterocycles. The summed E-state index contributed by atoms with van der Waals surface area (Å²) in [6, 6.07) is 13.8. The zero-order valence-electron chi connectivity index (χ0n) is 18.9. The van der Waals surface area contributed by atoms with Crippen LogP contribution in [0.3, 0.4) is 0 Å². The molecule has 0 bridgehead atoms. The number of benzene rings is 2. The minimum Gasteiger partial charge on any atom is -0.380 e. The van der Waals surface area contributed by atoms with Crippen molar-refractivity contribution >= 4 is 17.7 Å². The standard InChI is InChI=1S/C24H30N4O5/c1-25-22(29)21(23(30)26-32)27(2)24(31)20-10-8-19(9-11-20)18-6-4-17(5-7-18)16-28-12-3-14-33-15-13-28/h4-11,21,32H,3,12-16H2,1-2H3,(H,25,29)(H,26,30). The molecule has 1 fully saturated rings. The number of ether oxygens (including phenoxy) is 1. The molecule has 0 spiro atoms. The number of hydroxylamine groups is 1. The van der Waals surface area contributed by atoms with E-state index in [1.54, 1.807) is 12.1 Å². The summed E-state index contributed by atoms with van der Waals surface area (Å²) in [7, 11) is 2.68. The Morgan fingerprint density at radius 3 is 2.24 bits per heavy atom. The van der Waals surface area contributed by atoms with Crippen molar-refractivity contribution in [3.8, 4) is 11.1 Å². The molecule has 0 aromatic heterocycles. The zero-order valence-corrected chi connectivity index (χ0v) is 18.9. The maximum atomic E-state index is 12.8. The van der Waals surface area contributed by atoms with Crippen LogP contribution in [0.5, 0.6) is 0 Å². The Balaban J connectivity index is 1.68. The van der Waals surface area contributed by atoms with E-state index in [0.29, 0.717) is 5.56 Å². The predicted octanol–water partition coefficient (Wildman–Crippen LogP) is 1.27. The lowest BCUT2D eigenvalue weighted by atomic mass is 10.0. The highest BCUT2D eigenvalue weighted by atomic mass is 16.5. The van der Waals surface area contributed by atoms with Gasteiger partial charge in [0.1, 0.15) is 0 Å². The molecular formula is C24H30N4O5. The van der Waals surface area contributed by atoms with Crippen LogP contribution in [0, 0.1) is 0 Å². The lowest BCUT2D eigenvalue weighted by molar-refractivity contribution is -0.140. The van der Waals surface area contributed by atoms with Gasteiger partial charge in [0, 0.05) is 45.9 Å². The van der Waals surface area contributed by atoms with E-state index in [2.05, 4.69) is 34.5 Å². The Morgan fingerprint density at radius 2 is 1.64 bits per heavy atom. The average molecular weight is 455 g/mol. The van der Waals surface area contributed by atoms with Crippen molar-refractivity contribution in [2.75, 3.05) is 40.4 Å². The third-order valence-electron chi connectivity index (χ3n) is 5.70. The smallest absolute Gasteiger partial charge is 0.275 e. The first kappa shape index (κ1) is 24.4. The molecule has 2 aromatic rings. The van der Waals surface area contributed by atoms with Crippen LogP contribution in [-0.2, 0) is 20.9 Å². The van der Waals surface area contributed by atoms with Crippen molar-refractivity contribution in [2.24, 2.45) is 0 Å². The lowest BCUT2D eigenvalue weighted by Gasteiger charge is -2.25. The third-order valence-corrected chi connectivity index (χ3v) is 5.70. The molecule has 0 saturated carbocycles. The molecule has 0 radical (unpaired) electrons. The van der Waals surface area contributed by atoms with E-state index in [1.165, 1.54) is 25.1 Å². The van der Waals surface area contributed by atoms with Gasteiger partial charge in [-0.2, -0.15) is 0 Å². The molecule has 176 valence electrons. The molecule has 1 atom stereocenters. The van der Waals surface area contributed by atoms with E-state index in [4.69, 9.17) is 9.94 Å². The SMILES string of the molecule is CNC(=O)C(C(=O)NO)N(C)C(=O)c1ccc(-c2ccc(CN3CCCOCC3)cc2)cc1. The Morgan fingerprint density at radius 1 is 1.00 bits per heavy atom. The van der Waals surface area contributed by atoms with Crippen LogP contribution in [0.2, 0.25) is 0 Å². The summed E-state index contributed by atoms with van der Waals surface area (Å²) < 4.78 is 5.51. The van der Waals surface area contributed by atoms with Crippen molar-refractivity contribution in [1.82, 2.24) is 20.6 Å². The minimum atomic E-state index is -1.49. The molecule has 1 heterocycles. The van der Waals surface area contributed by atoms with Crippen molar-refractivity contribution in [3.63, 3.8) is 0 Å². The highest BCUT2D eigenvalue weighted by Crippen LogP contribution is 2.22. The largest absolute Gasteiger partial charge is 0.380 e. The second-order valence-electron chi connectivity index (χ2n) is 7.93. The fourth-order valence-electron chi connectivity index (χ4n) is 3.81. The maximum Gasteiger partial charge on any atom is 0.275 e. The second kappa shape index (κ2) is 11.6. The van der Waals surface area contributed by atoms with E-state index < -0.39 is 23.8 Å². The number of nitrogens with one attached hydrogen (secondary N) is 2. The molecule has 33 heavy (non-hydrogen) atoms. The van der Waals surface area contributed by atoms with Crippen LogP contribution < -0.4 is 10.8 Å². The van der Waals surface area contributed by atoms with Crippen LogP contribution in [0.4, 0.5) is 0 Å². The summed E-state index contributed by atoms with van der Waals surface area (Å²) in [4.78, 5) is 40.1. The van der Waals surface area contributed by atoms with Gasteiger partial charge in [0.2, 0.25) is 0 Å².